The van der Waals surface area contributed by atoms with Gasteiger partial charge in [-0.1, -0.05) is 66.7 Å². The van der Waals surface area contributed by atoms with Gasteiger partial charge in [-0.05, 0) is 11.6 Å². The summed E-state index contributed by atoms with van der Waals surface area (Å²) < 4.78 is 1.94. The van der Waals surface area contributed by atoms with Gasteiger partial charge in [0.25, 0.3) is 0 Å². The van der Waals surface area contributed by atoms with E-state index in [-0.39, 0.29) is 11.4 Å². The maximum absolute atomic E-state index is 9.38. The Morgan fingerprint density at radius 2 is 1.34 bits per heavy atom. The Bertz CT molecular complexity index is 1430. The van der Waals surface area contributed by atoms with Crippen molar-refractivity contribution in [2.45, 2.75) is 0 Å². The molecule has 0 radical (unpaired) electrons. The molecule has 0 amide bonds. The Hall–Kier alpha value is -4.48. The van der Waals surface area contributed by atoms with Crippen molar-refractivity contribution >= 4 is 21.8 Å². The van der Waals surface area contributed by atoms with Crippen LogP contribution in [0.5, 0.6) is 0 Å². The van der Waals surface area contributed by atoms with Crippen molar-refractivity contribution in [2.75, 3.05) is 0 Å². The summed E-state index contributed by atoms with van der Waals surface area (Å²) in [5.41, 5.74) is 4.29. The number of nitriles is 2. The van der Waals surface area contributed by atoms with E-state index in [1.54, 1.807) is 0 Å². The van der Waals surface area contributed by atoms with Crippen molar-refractivity contribution in [3.05, 3.63) is 90.3 Å². The smallest absolute Gasteiger partial charge is 0.237 e. The first-order chi connectivity index (χ1) is 14.3. The fraction of sp³-hybridized carbons (Fsp3) is 0. The average Bonchev–Trinajstić information content (AvgIpc) is 3.14. The van der Waals surface area contributed by atoms with Gasteiger partial charge in [0, 0.05) is 22.4 Å². The number of nitrogens with zero attached hydrogens (tertiary/aromatic N) is 5. The van der Waals surface area contributed by atoms with Crippen molar-refractivity contribution in [3.8, 4) is 29.2 Å². The Morgan fingerprint density at radius 1 is 0.690 bits per heavy atom. The molecular formula is C24H13N5. The summed E-state index contributed by atoms with van der Waals surface area (Å²) in [6.45, 7) is 0. The molecule has 0 fully saturated rings. The van der Waals surface area contributed by atoms with Gasteiger partial charge in [0.05, 0.1) is 11.0 Å². The summed E-state index contributed by atoms with van der Waals surface area (Å²) in [5.74, 6) is 0.315. The lowest BCUT2D eigenvalue weighted by Gasteiger charge is -2.10. The van der Waals surface area contributed by atoms with Crippen molar-refractivity contribution in [1.82, 2.24) is 14.5 Å². The normalized spacial score (nSPS) is 10.7. The average molecular weight is 371 g/mol. The number of hydrogen-bond acceptors (Lipinski definition) is 4. The molecular weight excluding hydrogens is 358 g/mol. The second-order valence-electron chi connectivity index (χ2n) is 6.58. The van der Waals surface area contributed by atoms with E-state index in [4.69, 9.17) is 0 Å². The summed E-state index contributed by atoms with van der Waals surface area (Å²) in [5, 5.41) is 20.9. The molecule has 5 heteroatoms. The maximum Gasteiger partial charge on any atom is 0.237 e. The van der Waals surface area contributed by atoms with Crippen molar-refractivity contribution in [2.24, 2.45) is 0 Å². The molecule has 0 bridgehead atoms. The molecule has 0 aliphatic heterocycles. The molecule has 0 N–H and O–H groups in total. The largest absolute Gasteiger partial charge is 0.277 e. The third-order valence-corrected chi connectivity index (χ3v) is 4.92. The SMILES string of the molecule is N#Cc1cc(C#N)nc(-n2c3ccccc3c3cccc(-c4ccccc4)c32)n1. The van der Waals surface area contributed by atoms with Crippen LogP contribution in [-0.4, -0.2) is 14.5 Å². The van der Waals surface area contributed by atoms with E-state index in [1.165, 1.54) is 6.07 Å². The second kappa shape index (κ2) is 6.60. The predicted molar refractivity (Wildman–Crippen MR) is 111 cm³/mol. The summed E-state index contributed by atoms with van der Waals surface area (Å²) in [6, 6.07) is 29.7. The van der Waals surface area contributed by atoms with E-state index in [0.717, 1.165) is 32.9 Å². The van der Waals surface area contributed by atoms with E-state index in [0.29, 0.717) is 5.95 Å². The van der Waals surface area contributed by atoms with Crippen LogP contribution in [0.15, 0.2) is 78.9 Å². The van der Waals surface area contributed by atoms with Crippen LogP contribution in [0.4, 0.5) is 0 Å². The molecule has 2 heterocycles. The minimum Gasteiger partial charge on any atom is -0.277 e. The second-order valence-corrected chi connectivity index (χ2v) is 6.58. The Balaban J connectivity index is 1.98. The van der Waals surface area contributed by atoms with Crippen LogP contribution in [0.2, 0.25) is 0 Å². The lowest BCUT2D eigenvalue weighted by atomic mass is 10.0. The minimum atomic E-state index is 0.162. The molecule has 5 rings (SSSR count). The molecule has 0 atom stereocenters. The van der Waals surface area contributed by atoms with Crippen molar-refractivity contribution in [1.29, 1.82) is 10.5 Å². The van der Waals surface area contributed by atoms with Gasteiger partial charge < -0.3 is 0 Å². The zero-order valence-corrected chi connectivity index (χ0v) is 15.2. The Labute approximate surface area is 166 Å². The molecule has 5 aromatic rings. The van der Waals surface area contributed by atoms with Crippen LogP contribution < -0.4 is 0 Å². The molecule has 0 spiro atoms. The number of benzene rings is 3. The third kappa shape index (κ3) is 2.62. The first-order valence-electron chi connectivity index (χ1n) is 9.07. The fourth-order valence-corrected chi connectivity index (χ4v) is 3.73. The molecule has 0 saturated heterocycles. The van der Waals surface area contributed by atoms with Gasteiger partial charge in [-0.2, -0.15) is 10.5 Å². The number of para-hydroxylation sites is 2. The molecule has 0 aliphatic carbocycles. The topological polar surface area (TPSA) is 78.3 Å². The van der Waals surface area contributed by atoms with Crippen molar-refractivity contribution in [3.63, 3.8) is 0 Å². The first-order valence-corrected chi connectivity index (χ1v) is 9.07. The summed E-state index contributed by atoms with van der Waals surface area (Å²) >= 11 is 0. The molecule has 2 aromatic heterocycles. The van der Waals surface area contributed by atoms with Crippen LogP contribution in [0.25, 0.3) is 38.9 Å². The number of aromatic nitrogens is 3. The zero-order valence-electron chi connectivity index (χ0n) is 15.2. The van der Waals surface area contributed by atoms with Crippen LogP contribution in [0, 0.1) is 22.7 Å². The van der Waals surface area contributed by atoms with Crippen LogP contribution in [0.3, 0.4) is 0 Å². The van der Waals surface area contributed by atoms with Gasteiger partial charge in [0.2, 0.25) is 5.95 Å². The molecule has 29 heavy (non-hydrogen) atoms. The highest BCUT2D eigenvalue weighted by atomic mass is 15.2. The van der Waals surface area contributed by atoms with E-state index in [2.05, 4.69) is 40.3 Å². The molecule has 0 unspecified atom stereocenters. The lowest BCUT2D eigenvalue weighted by Crippen LogP contribution is -2.05. The fourth-order valence-electron chi connectivity index (χ4n) is 3.73. The van der Waals surface area contributed by atoms with Gasteiger partial charge in [0.1, 0.15) is 23.5 Å². The minimum absolute atomic E-state index is 0.162. The highest BCUT2D eigenvalue weighted by Crippen LogP contribution is 2.37. The highest BCUT2D eigenvalue weighted by Gasteiger charge is 2.18. The van der Waals surface area contributed by atoms with Gasteiger partial charge in [-0.25, -0.2) is 9.97 Å². The quantitative estimate of drug-likeness (QED) is 0.438. The van der Waals surface area contributed by atoms with Crippen LogP contribution in [0.1, 0.15) is 11.4 Å². The van der Waals surface area contributed by atoms with E-state index in [1.807, 2.05) is 59.2 Å². The van der Waals surface area contributed by atoms with E-state index < -0.39 is 0 Å². The number of fused-ring (bicyclic) bond motifs is 3. The summed E-state index contributed by atoms with van der Waals surface area (Å²) in [4.78, 5) is 8.83. The van der Waals surface area contributed by atoms with Gasteiger partial charge in [-0.15, -0.1) is 0 Å². The van der Waals surface area contributed by atoms with Crippen LogP contribution >= 0.6 is 0 Å². The molecule has 5 nitrogen and oxygen atoms in total. The predicted octanol–water partition coefficient (Wildman–Crippen LogP) is 4.98. The standard InChI is InChI=1S/C24H13N5/c25-14-17-13-18(15-26)28-24(27-17)29-22-12-5-4-9-20(22)21-11-6-10-19(23(21)29)16-7-2-1-3-8-16/h1-13H. The molecule has 3 aromatic carbocycles. The maximum atomic E-state index is 9.38. The summed E-state index contributed by atoms with van der Waals surface area (Å²) in [6.07, 6.45) is 0. The first kappa shape index (κ1) is 16.7. The van der Waals surface area contributed by atoms with Crippen LogP contribution in [-0.2, 0) is 0 Å². The Kier molecular flexibility index (Phi) is 3.79. The van der Waals surface area contributed by atoms with E-state index in [9.17, 15) is 10.5 Å². The van der Waals surface area contributed by atoms with E-state index >= 15 is 0 Å². The number of hydrogen-bond donors (Lipinski definition) is 0. The lowest BCUT2D eigenvalue weighted by molar-refractivity contribution is 0.969. The van der Waals surface area contributed by atoms with Gasteiger partial charge in [-0.3, -0.25) is 4.57 Å². The summed E-state index contributed by atoms with van der Waals surface area (Å²) in [7, 11) is 0. The molecule has 134 valence electrons. The third-order valence-electron chi connectivity index (χ3n) is 4.92. The van der Waals surface area contributed by atoms with Gasteiger partial charge in [0.15, 0.2) is 0 Å². The monoisotopic (exact) mass is 371 g/mol. The Morgan fingerprint density at radius 3 is 2.07 bits per heavy atom. The molecule has 0 aliphatic rings. The molecule has 0 saturated carbocycles. The number of rotatable bonds is 2. The highest BCUT2D eigenvalue weighted by molar-refractivity contribution is 6.13. The van der Waals surface area contributed by atoms with Crippen molar-refractivity contribution < 1.29 is 0 Å². The zero-order chi connectivity index (χ0) is 19.8. The van der Waals surface area contributed by atoms with Gasteiger partial charge >= 0.3 is 0 Å².